The van der Waals surface area contributed by atoms with Gasteiger partial charge in [0.15, 0.2) is 0 Å². The van der Waals surface area contributed by atoms with E-state index in [9.17, 15) is 4.79 Å². The molecule has 3 nitrogen and oxygen atoms in total. The van der Waals surface area contributed by atoms with E-state index in [0.29, 0.717) is 13.0 Å². The average molecular weight is 377 g/mol. The van der Waals surface area contributed by atoms with E-state index >= 15 is 0 Å². The highest BCUT2D eigenvalue weighted by molar-refractivity contribution is 9.10. The van der Waals surface area contributed by atoms with E-state index in [0.717, 1.165) is 39.9 Å². The number of esters is 1. The summed E-state index contributed by atoms with van der Waals surface area (Å²) >= 11 is 3.52. The molecule has 0 heterocycles. The van der Waals surface area contributed by atoms with Crippen molar-refractivity contribution in [3.63, 3.8) is 0 Å². The third-order valence-electron chi connectivity index (χ3n) is 3.54. The predicted octanol–water partition coefficient (Wildman–Crippen LogP) is 5.44. The Morgan fingerprint density at radius 2 is 1.83 bits per heavy atom. The maximum Gasteiger partial charge on any atom is 0.305 e. The van der Waals surface area contributed by atoms with Gasteiger partial charge in [-0.3, -0.25) is 4.79 Å². The fourth-order valence-electron chi connectivity index (χ4n) is 2.28. The topological polar surface area (TPSA) is 35.5 Å². The van der Waals surface area contributed by atoms with Crippen molar-refractivity contribution >= 4 is 21.9 Å². The zero-order valence-electron chi connectivity index (χ0n) is 13.5. The molecule has 23 heavy (non-hydrogen) atoms. The molecule has 0 aliphatic heterocycles. The summed E-state index contributed by atoms with van der Waals surface area (Å²) in [5, 5.41) is 0. The molecule has 0 amide bonds. The first-order valence-electron chi connectivity index (χ1n) is 7.78. The molecule has 0 fully saturated rings. The zero-order valence-corrected chi connectivity index (χ0v) is 15.1. The molecule has 0 aliphatic rings. The van der Waals surface area contributed by atoms with Gasteiger partial charge < -0.3 is 9.47 Å². The number of hydrogen-bond donors (Lipinski definition) is 0. The third-order valence-corrected chi connectivity index (χ3v) is 4.40. The van der Waals surface area contributed by atoms with E-state index in [1.807, 2.05) is 56.3 Å². The Morgan fingerprint density at radius 3 is 2.61 bits per heavy atom. The van der Waals surface area contributed by atoms with Gasteiger partial charge in [-0.2, -0.15) is 0 Å². The summed E-state index contributed by atoms with van der Waals surface area (Å²) in [6.45, 7) is 4.27. The second kappa shape index (κ2) is 8.73. The molecule has 0 atom stereocenters. The van der Waals surface area contributed by atoms with Gasteiger partial charge in [0.1, 0.15) is 11.5 Å². The Bertz CT molecular complexity index is 667. The lowest BCUT2D eigenvalue weighted by Gasteiger charge is -2.13. The first-order valence-corrected chi connectivity index (χ1v) is 8.57. The van der Waals surface area contributed by atoms with Crippen molar-refractivity contribution in [3.8, 4) is 11.5 Å². The molecule has 0 unspecified atom stereocenters. The Kier molecular flexibility index (Phi) is 6.66. The molecule has 0 spiro atoms. The van der Waals surface area contributed by atoms with Gasteiger partial charge in [0.2, 0.25) is 0 Å². The van der Waals surface area contributed by atoms with Gasteiger partial charge in [-0.05, 0) is 50.5 Å². The van der Waals surface area contributed by atoms with Crippen LogP contribution in [0.25, 0.3) is 0 Å². The zero-order chi connectivity index (χ0) is 16.7. The molecule has 2 aromatic carbocycles. The van der Waals surface area contributed by atoms with Crippen LogP contribution < -0.4 is 4.74 Å². The van der Waals surface area contributed by atoms with Crippen molar-refractivity contribution in [3.05, 3.63) is 58.1 Å². The molecule has 0 radical (unpaired) electrons. The Labute approximate surface area is 145 Å². The summed E-state index contributed by atoms with van der Waals surface area (Å²) in [5.74, 6) is 1.52. The highest BCUT2D eigenvalue weighted by Crippen LogP contribution is 2.32. The van der Waals surface area contributed by atoms with Crippen LogP contribution in [0.5, 0.6) is 11.5 Å². The van der Waals surface area contributed by atoms with Gasteiger partial charge in [-0.1, -0.05) is 40.2 Å². The number of rotatable bonds is 7. The van der Waals surface area contributed by atoms with Crippen molar-refractivity contribution in [1.82, 2.24) is 0 Å². The first-order chi connectivity index (χ1) is 11.1. The maximum atomic E-state index is 11.4. The number of aryl methyl sites for hydroxylation is 1. The minimum absolute atomic E-state index is 0.145. The van der Waals surface area contributed by atoms with Crippen LogP contribution in [0.3, 0.4) is 0 Å². The lowest BCUT2D eigenvalue weighted by molar-refractivity contribution is -0.143. The van der Waals surface area contributed by atoms with E-state index in [4.69, 9.17) is 9.47 Å². The molecule has 0 aliphatic carbocycles. The molecular weight excluding hydrogens is 356 g/mol. The van der Waals surface area contributed by atoms with Crippen molar-refractivity contribution < 1.29 is 14.3 Å². The smallest absolute Gasteiger partial charge is 0.305 e. The fraction of sp³-hybridized carbons (Fsp3) is 0.316. The van der Waals surface area contributed by atoms with Crippen LogP contribution >= 0.6 is 15.9 Å². The van der Waals surface area contributed by atoms with Crippen LogP contribution in [-0.4, -0.2) is 12.6 Å². The lowest BCUT2D eigenvalue weighted by Crippen LogP contribution is -2.04. The van der Waals surface area contributed by atoms with Crippen LogP contribution in [0, 0.1) is 6.92 Å². The summed E-state index contributed by atoms with van der Waals surface area (Å²) in [5.41, 5.74) is 2.16. The minimum Gasteiger partial charge on any atom is -0.466 e. The number of hydrogen-bond acceptors (Lipinski definition) is 3. The number of carbonyl (C=O) groups excluding carboxylic acids is 1. The number of ether oxygens (including phenoxy) is 2. The van der Waals surface area contributed by atoms with E-state index < -0.39 is 0 Å². The summed E-state index contributed by atoms with van der Waals surface area (Å²) in [6.07, 6.45) is 1.96. The first kappa shape index (κ1) is 17.5. The molecule has 2 rings (SSSR count). The molecule has 4 heteroatoms. The van der Waals surface area contributed by atoms with E-state index in [2.05, 4.69) is 15.9 Å². The summed E-state index contributed by atoms with van der Waals surface area (Å²) in [6, 6.07) is 13.8. The van der Waals surface area contributed by atoms with E-state index in [-0.39, 0.29) is 5.97 Å². The SMILES string of the molecule is CCOC(=O)CCCc1ccccc1Oc1cccc(Br)c1C. The molecule has 0 bridgehead atoms. The highest BCUT2D eigenvalue weighted by Gasteiger charge is 2.09. The standard InChI is InChI=1S/C19H21BrO3/c1-3-22-19(21)13-6-9-15-8-4-5-11-18(15)23-17-12-7-10-16(20)14(17)2/h4-5,7-8,10-12H,3,6,9,13H2,1-2H3. The fourth-order valence-corrected chi connectivity index (χ4v) is 2.63. The summed E-state index contributed by atoms with van der Waals surface area (Å²) in [7, 11) is 0. The van der Waals surface area contributed by atoms with Crippen LogP contribution in [0.4, 0.5) is 0 Å². The number of carbonyl (C=O) groups is 1. The predicted molar refractivity (Wildman–Crippen MR) is 95.0 cm³/mol. The van der Waals surface area contributed by atoms with Gasteiger partial charge in [0, 0.05) is 16.5 Å². The van der Waals surface area contributed by atoms with Gasteiger partial charge in [0.25, 0.3) is 0 Å². The maximum absolute atomic E-state index is 11.4. The van der Waals surface area contributed by atoms with Crippen LogP contribution in [-0.2, 0) is 16.0 Å². The Morgan fingerprint density at radius 1 is 1.09 bits per heavy atom. The number of benzene rings is 2. The molecule has 122 valence electrons. The van der Waals surface area contributed by atoms with Crippen molar-refractivity contribution in [2.75, 3.05) is 6.61 Å². The quantitative estimate of drug-likeness (QED) is 0.603. The van der Waals surface area contributed by atoms with Crippen molar-refractivity contribution in [2.45, 2.75) is 33.1 Å². The third kappa shape index (κ3) is 5.10. The summed E-state index contributed by atoms with van der Waals surface area (Å²) in [4.78, 5) is 11.4. The largest absolute Gasteiger partial charge is 0.466 e. The van der Waals surface area contributed by atoms with Crippen LogP contribution in [0.1, 0.15) is 30.9 Å². The second-order valence-corrected chi connectivity index (χ2v) is 6.09. The molecule has 0 aromatic heterocycles. The normalized spacial score (nSPS) is 10.4. The monoisotopic (exact) mass is 376 g/mol. The van der Waals surface area contributed by atoms with Gasteiger partial charge >= 0.3 is 5.97 Å². The Balaban J connectivity index is 2.05. The van der Waals surface area contributed by atoms with Gasteiger partial charge in [0.05, 0.1) is 6.61 Å². The van der Waals surface area contributed by atoms with Crippen molar-refractivity contribution in [1.29, 1.82) is 0 Å². The Hall–Kier alpha value is -1.81. The number of para-hydroxylation sites is 1. The van der Waals surface area contributed by atoms with Crippen LogP contribution in [0.2, 0.25) is 0 Å². The number of halogens is 1. The summed E-state index contributed by atoms with van der Waals surface area (Å²) < 4.78 is 12.1. The second-order valence-electron chi connectivity index (χ2n) is 5.23. The molecule has 0 saturated carbocycles. The molecular formula is C19H21BrO3. The molecule has 0 saturated heterocycles. The minimum atomic E-state index is -0.145. The van der Waals surface area contributed by atoms with Gasteiger partial charge in [-0.25, -0.2) is 0 Å². The van der Waals surface area contributed by atoms with Crippen molar-refractivity contribution in [2.24, 2.45) is 0 Å². The average Bonchev–Trinajstić information content (AvgIpc) is 2.54. The van der Waals surface area contributed by atoms with E-state index in [1.54, 1.807) is 0 Å². The highest BCUT2D eigenvalue weighted by atomic mass is 79.9. The van der Waals surface area contributed by atoms with E-state index in [1.165, 1.54) is 0 Å². The molecule has 0 N–H and O–H groups in total. The lowest BCUT2D eigenvalue weighted by atomic mass is 10.1. The molecule has 2 aromatic rings. The van der Waals surface area contributed by atoms with Crippen LogP contribution in [0.15, 0.2) is 46.9 Å². The van der Waals surface area contributed by atoms with Gasteiger partial charge in [-0.15, -0.1) is 0 Å².